The summed E-state index contributed by atoms with van der Waals surface area (Å²) in [5, 5.41) is 0. The molecule has 1 aromatic carbocycles. The van der Waals surface area contributed by atoms with E-state index in [1.165, 1.54) is 11.1 Å². The van der Waals surface area contributed by atoms with Crippen LogP contribution in [0, 0.1) is 13.8 Å². The molecule has 0 spiro atoms. The standard InChI is InChI=1S/C8H10.2C4H11N/c1-7-3-5-8(2)6-4-7;2*1-4-5(2)3/h3-6H,1-2H3;2*4H2,1-3H3. The van der Waals surface area contributed by atoms with E-state index >= 15 is 0 Å². The lowest BCUT2D eigenvalue weighted by molar-refractivity contribution is 0.434. The zero-order chi connectivity index (χ0) is 14.6. The van der Waals surface area contributed by atoms with Crippen molar-refractivity contribution >= 4 is 0 Å². The van der Waals surface area contributed by atoms with Crippen LogP contribution >= 0.6 is 0 Å². The average molecular weight is 252 g/mol. The third kappa shape index (κ3) is 17.5. The van der Waals surface area contributed by atoms with Gasteiger partial charge in [0, 0.05) is 0 Å². The Balaban J connectivity index is 0. The van der Waals surface area contributed by atoms with E-state index in [1.807, 2.05) is 0 Å². The quantitative estimate of drug-likeness (QED) is 0.795. The molecule has 0 N–H and O–H groups in total. The van der Waals surface area contributed by atoms with E-state index in [9.17, 15) is 0 Å². The lowest BCUT2D eigenvalue weighted by Crippen LogP contribution is -2.08. The van der Waals surface area contributed by atoms with Crippen LogP contribution in [0.15, 0.2) is 24.3 Å². The van der Waals surface area contributed by atoms with E-state index in [-0.39, 0.29) is 0 Å². The van der Waals surface area contributed by atoms with Gasteiger partial charge in [-0.3, -0.25) is 0 Å². The van der Waals surface area contributed by atoms with Gasteiger partial charge in [-0.15, -0.1) is 0 Å². The highest BCUT2D eigenvalue weighted by Crippen LogP contribution is 1.99. The summed E-state index contributed by atoms with van der Waals surface area (Å²) >= 11 is 0. The van der Waals surface area contributed by atoms with Gasteiger partial charge in [0.2, 0.25) is 0 Å². The summed E-state index contributed by atoms with van der Waals surface area (Å²) in [6.45, 7) is 10.7. The van der Waals surface area contributed by atoms with Crippen LogP contribution in [-0.4, -0.2) is 51.1 Å². The Bertz CT molecular complexity index is 234. The molecule has 0 unspecified atom stereocenters. The fraction of sp³-hybridized carbons (Fsp3) is 0.625. The molecular weight excluding hydrogens is 220 g/mol. The fourth-order valence-electron chi connectivity index (χ4n) is 0.637. The highest BCUT2D eigenvalue weighted by atomic mass is 15.0. The Morgan fingerprint density at radius 1 is 0.667 bits per heavy atom. The summed E-state index contributed by atoms with van der Waals surface area (Å²) in [4.78, 5) is 4.25. The predicted octanol–water partition coefficient (Wildman–Crippen LogP) is 3.44. The normalized spacial score (nSPS) is 9.44. The maximum atomic E-state index is 2.12. The molecule has 106 valence electrons. The largest absolute Gasteiger partial charge is 0.310 e. The van der Waals surface area contributed by atoms with Crippen molar-refractivity contribution in [1.29, 1.82) is 0 Å². The molecule has 18 heavy (non-hydrogen) atoms. The van der Waals surface area contributed by atoms with Gasteiger partial charge in [-0.05, 0) is 55.1 Å². The molecule has 0 heterocycles. The van der Waals surface area contributed by atoms with E-state index in [0.717, 1.165) is 13.1 Å². The summed E-state index contributed by atoms with van der Waals surface area (Å²) in [7, 11) is 8.22. The molecule has 0 fully saturated rings. The number of nitrogens with zero attached hydrogens (tertiary/aromatic N) is 2. The second-order valence-electron chi connectivity index (χ2n) is 4.95. The minimum absolute atomic E-state index is 1.14. The van der Waals surface area contributed by atoms with Crippen molar-refractivity contribution in [2.24, 2.45) is 0 Å². The van der Waals surface area contributed by atoms with Crippen LogP contribution in [0.5, 0.6) is 0 Å². The molecule has 0 radical (unpaired) electrons. The predicted molar refractivity (Wildman–Crippen MR) is 84.4 cm³/mol. The molecule has 0 bridgehead atoms. The van der Waals surface area contributed by atoms with Crippen molar-refractivity contribution in [3.05, 3.63) is 35.4 Å². The third-order valence-electron chi connectivity index (χ3n) is 2.48. The molecule has 0 aliphatic carbocycles. The van der Waals surface area contributed by atoms with Gasteiger partial charge >= 0.3 is 0 Å². The summed E-state index contributed by atoms with van der Waals surface area (Å²) in [5.41, 5.74) is 2.66. The van der Waals surface area contributed by atoms with Crippen LogP contribution in [0.25, 0.3) is 0 Å². The van der Waals surface area contributed by atoms with Gasteiger partial charge in [-0.25, -0.2) is 0 Å². The van der Waals surface area contributed by atoms with Crippen LogP contribution in [0.1, 0.15) is 25.0 Å². The first-order valence-corrected chi connectivity index (χ1v) is 6.66. The number of benzene rings is 1. The molecule has 2 nitrogen and oxygen atoms in total. The van der Waals surface area contributed by atoms with Crippen LogP contribution in [-0.2, 0) is 0 Å². The fourth-order valence-corrected chi connectivity index (χ4v) is 0.637. The van der Waals surface area contributed by atoms with Gasteiger partial charge in [0.05, 0.1) is 0 Å². The van der Waals surface area contributed by atoms with E-state index in [0.29, 0.717) is 0 Å². The first-order valence-electron chi connectivity index (χ1n) is 6.66. The van der Waals surface area contributed by atoms with Gasteiger partial charge in [0.15, 0.2) is 0 Å². The number of aryl methyl sites for hydroxylation is 2. The molecule has 0 aliphatic rings. The maximum absolute atomic E-state index is 2.12. The van der Waals surface area contributed by atoms with Gasteiger partial charge in [-0.2, -0.15) is 0 Å². The summed E-state index contributed by atoms with van der Waals surface area (Å²) < 4.78 is 0. The molecule has 0 aliphatic heterocycles. The van der Waals surface area contributed by atoms with Gasteiger partial charge in [0.25, 0.3) is 0 Å². The molecule has 1 aromatic rings. The van der Waals surface area contributed by atoms with Crippen LogP contribution in [0.3, 0.4) is 0 Å². The lowest BCUT2D eigenvalue weighted by atomic mass is 10.2. The van der Waals surface area contributed by atoms with E-state index in [2.05, 4.69) is 90.0 Å². The zero-order valence-electron chi connectivity index (χ0n) is 13.6. The lowest BCUT2D eigenvalue weighted by Gasteiger charge is -2.00. The molecule has 0 aromatic heterocycles. The Kier molecular flexibility index (Phi) is 13.6. The smallest absolute Gasteiger partial charge is 0.00533 e. The summed E-state index contributed by atoms with van der Waals surface area (Å²) in [6, 6.07) is 8.48. The van der Waals surface area contributed by atoms with Gasteiger partial charge < -0.3 is 9.80 Å². The van der Waals surface area contributed by atoms with Crippen molar-refractivity contribution in [2.45, 2.75) is 27.7 Å². The second-order valence-corrected chi connectivity index (χ2v) is 4.95. The summed E-state index contributed by atoms with van der Waals surface area (Å²) in [5.74, 6) is 0. The van der Waals surface area contributed by atoms with Crippen molar-refractivity contribution in [1.82, 2.24) is 9.80 Å². The van der Waals surface area contributed by atoms with Crippen LogP contribution in [0.4, 0.5) is 0 Å². The first kappa shape index (κ1) is 19.5. The zero-order valence-corrected chi connectivity index (χ0v) is 13.6. The van der Waals surface area contributed by atoms with E-state index in [4.69, 9.17) is 0 Å². The number of rotatable bonds is 2. The third-order valence-corrected chi connectivity index (χ3v) is 2.48. The average Bonchev–Trinajstić information content (AvgIpc) is 2.34. The SMILES string of the molecule is CCN(C)C.CCN(C)C.Cc1ccc(C)cc1. The minimum atomic E-state index is 1.14. The molecule has 0 saturated carbocycles. The molecule has 2 heteroatoms. The number of hydrogen-bond acceptors (Lipinski definition) is 2. The highest BCUT2D eigenvalue weighted by Gasteiger charge is 1.79. The molecule has 0 saturated heterocycles. The van der Waals surface area contributed by atoms with Crippen molar-refractivity contribution in [3.63, 3.8) is 0 Å². The van der Waals surface area contributed by atoms with Crippen molar-refractivity contribution < 1.29 is 0 Å². The topological polar surface area (TPSA) is 6.48 Å². The van der Waals surface area contributed by atoms with Crippen LogP contribution < -0.4 is 0 Å². The van der Waals surface area contributed by atoms with E-state index < -0.39 is 0 Å². The van der Waals surface area contributed by atoms with Crippen LogP contribution in [0.2, 0.25) is 0 Å². The minimum Gasteiger partial charge on any atom is -0.310 e. The Hall–Kier alpha value is -0.860. The summed E-state index contributed by atoms with van der Waals surface area (Å²) in [6.07, 6.45) is 0. The highest BCUT2D eigenvalue weighted by molar-refractivity contribution is 5.19. The Morgan fingerprint density at radius 3 is 0.944 bits per heavy atom. The number of hydrogen-bond donors (Lipinski definition) is 0. The maximum Gasteiger partial charge on any atom is -0.00533 e. The van der Waals surface area contributed by atoms with Gasteiger partial charge in [0.1, 0.15) is 0 Å². The van der Waals surface area contributed by atoms with Gasteiger partial charge in [-0.1, -0.05) is 49.2 Å². The monoisotopic (exact) mass is 252 g/mol. The molecular formula is C16H32N2. The van der Waals surface area contributed by atoms with E-state index in [1.54, 1.807) is 0 Å². The second kappa shape index (κ2) is 12.6. The molecule has 1 rings (SSSR count). The van der Waals surface area contributed by atoms with Crippen molar-refractivity contribution in [3.8, 4) is 0 Å². The Labute approximate surface area is 115 Å². The molecule has 0 atom stereocenters. The van der Waals surface area contributed by atoms with Crippen molar-refractivity contribution in [2.75, 3.05) is 41.3 Å². The first-order chi connectivity index (χ1) is 8.33. The molecule has 0 amide bonds. The Morgan fingerprint density at radius 2 is 0.833 bits per heavy atom.